The number of carbonyl (C=O) groups is 5. The lowest BCUT2D eigenvalue weighted by Crippen LogP contribution is -2.65. The molecule has 5 heterocycles. The SMILES string of the molecule is C=C/C(=C(\N=C/C)[C@H](C)OC)c1c2c3cc(ccc3n1CC)-c1csc(n1)C[C@H](NC(=O)[C@H](C(C)C)N(C)C(=O)N(C)C1CN(C(=O)C(=C)C)C1)C(=O)N1CCC[C@H](N1)C(=O)OCC(C)(C)C2. The summed E-state index contributed by atoms with van der Waals surface area (Å²) in [5.74, 6) is -1.91. The van der Waals surface area contributed by atoms with Crippen molar-refractivity contribution in [2.45, 2.75) is 118 Å². The van der Waals surface area contributed by atoms with E-state index in [0.717, 1.165) is 44.7 Å². The highest BCUT2D eigenvalue weighted by Crippen LogP contribution is 2.40. The van der Waals surface area contributed by atoms with Gasteiger partial charge in [-0.05, 0) is 70.6 Å². The van der Waals surface area contributed by atoms with E-state index in [1.54, 1.807) is 44.1 Å². The smallest absolute Gasteiger partial charge is 0.324 e. The van der Waals surface area contributed by atoms with Crippen LogP contribution < -0.4 is 10.7 Å². The number of hydrogen-bond acceptors (Lipinski definition) is 11. The Labute approximate surface area is 399 Å². The highest BCUT2D eigenvalue weighted by atomic mass is 32.1. The fraction of sp³-hybridized carbons (Fsp3) is 0.540. The van der Waals surface area contributed by atoms with E-state index in [9.17, 15) is 24.0 Å². The van der Waals surface area contributed by atoms with Crippen LogP contribution in [0.5, 0.6) is 0 Å². The Bertz CT molecular complexity index is 2460. The first-order valence-corrected chi connectivity index (χ1v) is 24.1. The number of hydrogen-bond donors (Lipinski definition) is 2. The topological polar surface area (TPSA) is 171 Å². The number of aromatic nitrogens is 2. The number of likely N-dealkylation sites (N-methyl/N-ethyl adjacent to an activating group) is 2. The number of benzene rings is 1. The molecule has 3 aliphatic heterocycles. The Morgan fingerprint density at radius 1 is 1.18 bits per heavy atom. The van der Waals surface area contributed by atoms with Crippen LogP contribution in [0.15, 0.2) is 59.1 Å². The molecular weight excluding hydrogens is 871 g/mol. The molecule has 16 nitrogen and oxygen atoms in total. The lowest BCUT2D eigenvalue weighted by molar-refractivity contribution is -0.155. The average Bonchev–Trinajstić information content (AvgIpc) is 3.87. The second kappa shape index (κ2) is 21.1. The molecule has 0 radical (unpaired) electrons. The number of carbonyl (C=O) groups excluding carboxylic acids is 5. The van der Waals surface area contributed by atoms with Crippen molar-refractivity contribution >= 4 is 63.7 Å². The van der Waals surface area contributed by atoms with Crippen LogP contribution >= 0.6 is 11.3 Å². The van der Waals surface area contributed by atoms with E-state index in [4.69, 9.17) is 19.5 Å². The number of aliphatic imine (C=N–C) groups is 1. The lowest BCUT2D eigenvalue weighted by atomic mass is 9.84. The van der Waals surface area contributed by atoms with Gasteiger partial charge in [-0.2, -0.15) is 0 Å². The Balaban J connectivity index is 1.39. The van der Waals surface area contributed by atoms with E-state index < -0.39 is 41.3 Å². The molecule has 2 fully saturated rings. The number of urea groups is 1. The number of fused-ring (bicyclic) bond motifs is 6. The van der Waals surface area contributed by atoms with Crippen molar-refractivity contribution in [2.24, 2.45) is 16.3 Å². The third-order valence-electron chi connectivity index (χ3n) is 13.0. The highest BCUT2D eigenvalue weighted by Gasteiger charge is 2.41. The van der Waals surface area contributed by atoms with Crippen molar-refractivity contribution in [1.82, 2.24) is 40.0 Å². The summed E-state index contributed by atoms with van der Waals surface area (Å²) in [6.07, 6.45) is 4.85. The molecule has 0 spiro atoms. The summed E-state index contributed by atoms with van der Waals surface area (Å²) in [6.45, 7) is 25.2. The van der Waals surface area contributed by atoms with Gasteiger partial charge in [0.15, 0.2) is 0 Å². The summed E-state index contributed by atoms with van der Waals surface area (Å²) in [7, 11) is 4.90. The minimum Gasteiger partial charge on any atom is -0.464 e. The van der Waals surface area contributed by atoms with Gasteiger partial charge >= 0.3 is 12.0 Å². The standard InChI is InChI=1S/C50H69N9O7S/c1-14-34(42(51-15-2)31(8)65-13)44-36-24-50(9,10)28-66-48(63)37-18-17-21-59(54-37)47(62)38(23-41-52-39(27-67-41)32-19-20-40(35(36)22-32)58(44)16-3)53-45(60)43(29(4)5)56(12)49(64)55(11)33-25-57(26-33)46(61)30(6)7/h14-15,19-20,22,27,29,31,33,37-38,43,54H,1,6,16-18,21,23-26,28H2,2-5,7-13H3,(H,53,60)/b42-34+,51-15-/t31-,37-,38-,43-/m0/s1. The molecule has 362 valence electrons. The normalized spacial score (nSPS) is 20.4. The first-order valence-electron chi connectivity index (χ1n) is 23.2. The van der Waals surface area contributed by atoms with E-state index in [1.807, 2.05) is 45.2 Å². The van der Waals surface area contributed by atoms with Gasteiger partial charge in [0.25, 0.3) is 5.91 Å². The number of rotatable bonds is 12. The zero-order chi connectivity index (χ0) is 49.1. The van der Waals surface area contributed by atoms with Gasteiger partial charge in [-0.3, -0.25) is 29.2 Å². The highest BCUT2D eigenvalue weighted by molar-refractivity contribution is 7.10. The third kappa shape index (κ3) is 10.7. The number of aryl methyl sites for hydroxylation is 1. The maximum Gasteiger partial charge on any atom is 0.324 e. The molecule has 6 rings (SSSR count). The van der Waals surface area contributed by atoms with Gasteiger partial charge in [-0.1, -0.05) is 53.0 Å². The van der Waals surface area contributed by atoms with E-state index in [0.29, 0.717) is 56.0 Å². The average molecular weight is 940 g/mol. The van der Waals surface area contributed by atoms with Crippen molar-refractivity contribution in [2.75, 3.05) is 47.4 Å². The number of hydrazine groups is 1. The van der Waals surface area contributed by atoms with Crippen molar-refractivity contribution in [3.8, 4) is 11.3 Å². The molecule has 3 aromatic rings. The van der Waals surface area contributed by atoms with Crippen LogP contribution in [0.2, 0.25) is 0 Å². The predicted octanol–water partition coefficient (Wildman–Crippen LogP) is 6.25. The molecule has 4 atom stereocenters. The van der Waals surface area contributed by atoms with Gasteiger partial charge in [-0.15, -0.1) is 11.3 Å². The molecule has 17 heteroatoms. The van der Waals surface area contributed by atoms with Crippen molar-refractivity contribution in [3.05, 3.63) is 70.3 Å². The predicted molar refractivity (Wildman–Crippen MR) is 263 cm³/mol. The molecule has 0 saturated carbocycles. The molecule has 1 aromatic carbocycles. The second-order valence-corrected chi connectivity index (χ2v) is 20.0. The number of cyclic esters (lactones) is 1. The van der Waals surface area contributed by atoms with Crippen LogP contribution in [0, 0.1) is 11.3 Å². The number of ether oxygens (including phenoxy) is 2. The molecule has 0 unspecified atom stereocenters. The number of nitrogens with one attached hydrogen (secondary N) is 2. The van der Waals surface area contributed by atoms with Crippen molar-refractivity contribution in [1.29, 1.82) is 0 Å². The summed E-state index contributed by atoms with van der Waals surface area (Å²) in [6, 6.07) is 2.83. The number of esters is 1. The molecule has 2 saturated heterocycles. The Morgan fingerprint density at radius 3 is 2.52 bits per heavy atom. The second-order valence-electron chi connectivity index (χ2n) is 19.1. The van der Waals surface area contributed by atoms with Gasteiger partial charge < -0.3 is 34.1 Å². The van der Waals surface area contributed by atoms with E-state index in [-0.39, 0.29) is 43.0 Å². The molecule has 6 bridgehead atoms. The van der Waals surface area contributed by atoms with E-state index in [1.165, 1.54) is 21.2 Å². The van der Waals surface area contributed by atoms with Crippen LogP contribution in [0.4, 0.5) is 4.79 Å². The summed E-state index contributed by atoms with van der Waals surface area (Å²) < 4.78 is 14.2. The lowest BCUT2D eigenvalue weighted by Gasteiger charge is -2.45. The van der Waals surface area contributed by atoms with E-state index >= 15 is 0 Å². The van der Waals surface area contributed by atoms with Crippen LogP contribution in [0.1, 0.15) is 84.5 Å². The summed E-state index contributed by atoms with van der Waals surface area (Å²) >= 11 is 1.39. The minimum absolute atomic E-state index is 0.0590. The zero-order valence-electron chi connectivity index (χ0n) is 41.1. The van der Waals surface area contributed by atoms with Crippen LogP contribution in [-0.2, 0) is 48.0 Å². The van der Waals surface area contributed by atoms with Gasteiger partial charge in [-0.25, -0.2) is 15.2 Å². The molecule has 2 N–H and O–H groups in total. The van der Waals surface area contributed by atoms with Crippen LogP contribution in [0.3, 0.4) is 0 Å². The molecule has 3 aliphatic rings. The molecule has 5 amide bonds. The monoisotopic (exact) mass is 940 g/mol. The van der Waals surface area contributed by atoms with Crippen LogP contribution in [-0.4, -0.2) is 143 Å². The number of nitrogens with zero attached hydrogens (tertiary/aromatic N) is 7. The summed E-state index contributed by atoms with van der Waals surface area (Å²) in [5, 5.41) is 8.01. The maximum absolute atomic E-state index is 14.6. The number of amides is 5. The molecule has 2 aromatic heterocycles. The Hall–Kier alpha value is -5.65. The molecule has 0 aliphatic carbocycles. The van der Waals surface area contributed by atoms with Gasteiger partial charge in [0.1, 0.15) is 18.1 Å². The number of allylic oxidation sites excluding steroid dienone is 2. The maximum atomic E-state index is 14.6. The van der Waals surface area contributed by atoms with Gasteiger partial charge in [0, 0.05) is 98.4 Å². The Kier molecular flexibility index (Phi) is 16.0. The fourth-order valence-electron chi connectivity index (χ4n) is 9.32. The first kappa shape index (κ1) is 50.8. The van der Waals surface area contributed by atoms with Crippen molar-refractivity contribution < 1.29 is 33.4 Å². The quantitative estimate of drug-likeness (QED) is 0.0923. The molecule has 67 heavy (non-hydrogen) atoms. The largest absolute Gasteiger partial charge is 0.464 e. The van der Waals surface area contributed by atoms with Crippen LogP contribution in [0.25, 0.3) is 27.7 Å². The number of thiazole rings is 1. The first-order chi connectivity index (χ1) is 31.7. The minimum atomic E-state index is -1.10. The van der Waals surface area contributed by atoms with Gasteiger partial charge in [0.2, 0.25) is 11.8 Å². The fourth-order valence-corrected chi connectivity index (χ4v) is 10.2. The zero-order valence-corrected chi connectivity index (χ0v) is 41.9. The van der Waals surface area contributed by atoms with Crippen molar-refractivity contribution in [3.63, 3.8) is 0 Å². The number of methoxy groups -OCH3 is 1. The summed E-state index contributed by atoms with van der Waals surface area (Å²) in [5.41, 5.74) is 9.24. The van der Waals surface area contributed by atoms with Gasteiger partial charge in [0.05, 0.1) is 40.8 Å². The van der Waals surface area contributed by atoms with E-state index in [2.05, 4.69) is 61.4 Å². The molecular formula is C50H69N9O7S. The third-order valence-corrected chi connectivity index (χ3v) is 13.9. The Morgan fingerprint density at radius 2 is 1.90 bits per heavy atom. The number of likely N-dealkylation sites (tertiary alicyclic amines) is 1. The summed E-state index contributed by atoms with van der Waals surface area (Å²) in [4.78, 5) is 83.8.